The van der Waals surface area contributed by atoms with E-state index in [-0.39, 0.29) is 36.8 Å². The van der Waals surface area contributed by atoms with Gasteiger partial charge in [-0.05, 0) is 44.4 Å². The molecule has 1 aromatic carbocycles. The van der Waals surface area contributed by atoms with Gasteiger partial charge in [0.05, 0.1) is 18.1 Å². The first-order valence-electron chi connectivity index (χ1n) is 9.86. The minimum absolute atomic E-state index is 0.132. The van der Waals surface area contributed by atoms with E-state index in [2.05, 4.69) is 0 Å². The number of ether oxygens (including phenoxy) is 2. The highest BCUT2D eigenvalue weighted by Crippen LogP contribution is 2.25. The Balaban J connectivity index is 2.31. The van der Waals surface area contributed by atoms with Crippen LogP contribution in [-0.2, 0) is 24.3 Å². The second-order valence-electron chi connectivity index (χ2n) is 6.97. The fourth-order valence-corrected chi connectivity index (χ4v) is 5.02. The first-order valence-corrected chi connectivity index (χ1v) is 11.3. The fraction of sp³-hybridized carbons (Fsp3) is 0.600. The van der Waals surface area contributed by atoms with Gasteiger partial charge in [0.2, 0.25) is 10.0 Å². The summed E-state index contributed by atoms with van der Waals surface area (Å²) < 4.78 is 37.6. The van der Waals surface area contributed by atoms with Crippen LogP contribution in [0.4, 0.5) is 0 Å². The van der Waals surface area contributed by atoms with Gasteiger partial charge in [0.25, 0.3) is 5.91 Å². The highest BCUT2D eigenvalue weighted by atomic mass is 32.2. The summed E-state index contributed by atoms with van der Waals surface area (Å²) in [5, 5.41) is 0. The Hall–Kier alpha value is -1.97. The summed E-state index contributed by atoms with van der Waals surface area (Å²) in [6, 6.07) is 4.62. The molecule has 0 saturated carbocycles. The fourth-order valence-electron chi connectivity index (χ4n) is 3.25. The number of hydrogen-bond acceptors (Lipinski definition) is 6. The van der Waals surface area contributed by atoms with E-state index in [4.69, 9.17) is 9.47 Å². The highest BCUT2D eigenvalue weighted by molar-refractivity contribution is 7.89. The maximum atomic E-state index is 13.1. The van der Waals surface area contributed by atoms with Crippen molar-refractivity contribution in [3.63, 3.8) is 0 Å². The molecule has 0 aliphatic carbocycles. The molecule has 0 bridgehead atoms. The lowest BCUT2D eigenvalue weighted by Gasteiger charge is -2.27. The lowest BCUT2D eigenvalue weighted by atomic mass is 10.1. The van der Waals surface area contributed by atoms with E-state index >= 15 is 0 Å². The van der Waals surface area contributed by atoms with E-state index in [0.29, 0.717) is 18.7 Å². The second-order valence-corrected chi connectivity index (χ2v) is 8.88. The van der Waals surface area contributed by atoms with Crippen molar-refractivity contribution >= 4 is 21.9 Å². The Labute approximate surface area is 172 Å². The van der Waals surface area contributed by atoms with Crippen molar-refractivity contribution in [2.45, 2.75) is 38.0 Å². The number of methoxy groups -OCH3 is 1. The predicted molar refractivity (Wildman–Crippen MR) is 108 cm³/mol. The minimum Gasteiger partial charge on any atom is -0.465 e. The van der Waals surface area contributed by atoms with Crippen LogP contribution in [0, 0.1) is 6.92 Å². The van der Waals surface area contributed by atoms with Gasteiger partial charge in [0, 0.05) is 32.3 Å². The van der Waals surface area contributed by atoms with E-state index in [1.807, 2.05) is 0 Å². The number of rotatable bonds is 9. The summed E-state index contributed by atoms with van der Waals surface area (Å²) >= 11 is 0. The maximum Gasteiger partial charge on any atom is 0.325 e. The van der Waals surface area contributed by atoms with E-state index in [9.17, 15) is 18.0 Å². The third kappa shape index (κ3) is 6.01. The van der Waals surface area contributed by atoms with E-state index in [0.717, 1.165) is 19.3 Å². The first kappa shape index (κ1) is 23.3. The molecule has 0 aromatic heterocycles. The smallest absolute Gasteiger partial charge is 0.325 e. The van der Waals surface area contributed by atoms with Crippen LogP contribution in [0.25, 0.3) is 0 Å². The molecule has 29 heavy (non-hydrogen) atoms. The number of benzene rings is 1. The molecule has 9 heteroatoms. The number of esters is 1. The summed E-state index contributed by atoms with van der Waals surface area (Å²) in [6.45, 7) is 4.81. The molecule has 1 heterocycles. The standard InChI is InChI=1S/C20H30N2O6S/c1-4-28-19(23)15-21(12-13-27-3)20(24)17-9-8-16(2)18(14-17)29(25,26)22-10-6-5-7-11-22/h8-9,14H,4-7,10-13,15H2,1-3H3. The molecule has 1 aliphatic heterocycles. The van der Waals surface area contributed by atoms with Crippen LogP contribution in [0.15, 0.2) is 23.1 Å². The van der Waals surface area contributed by atoms with Gasteiger partial charge in [-0.15, -0.1) is 0 Å². The van der Waals surface area contributed by atoms with Crippen molar-refractivity contribution in [2.24, 2.45) is 0 Å². The van der Waals surface area contributed by atoms with Crippen molar-refractivity contribution in [3.05, 3.63) is 29.3 Å². The molecule has 8 nitrogen and oxygen atoms in total. The number of carbonyl (C=O) groups is 2. The van der Waals surface area contributed by atoms with Crippen molar-refractivity contribution < 1.29 is 27.5 Å². The molecule has 1 saturated heterocycles. The quantitative estimate of drug-likeness (QED) is 0.559. The molecule has 1 fully saturated rings. The molecule has 0 atom stereocenters. The number of sulfonamides is 1. The third-order valence-electron chi connectivity index (χ3n) is 4.85. The second kappa shape index (κ2) is 10.7. The third-order valence-corrected chi connectivity index (χ3v) is 6.89. The molecule has 1 aliphatic rings. The molecule has 162 valence electrons. The summed E-state index contributed by atoms with van der Waals surface area (Å²) in [5.41, 5.74) is 0.799. The van der Waals surface area contributed by atoms with Crippen LogP contribution < -0.4 is 0 Å². The lowest BCUT2D eigenvalue weighted by molar-refractivity contribution is -0.143. The van der Waals surface area contributed by atoms with E-state index < -0.39 is 21.9 Å². The number of carbonyl (C=O) groups excluding carboxylic acids is 2. The zero-order valence-corrected chi connectivity index (χ0v) is 18.2. The average Bonchev–Trinajstić information content (AvgIpc) is 2.71. The number of aryl methyl sites for hydroxylation is 1. The molecule has 1 amide bonds. The van der Waals surface area contributed by atoms with Gasteiger partial charge in [0.1, 0.15) is 6.54 Å². The van der Waals surface area contributed by atoms with E-state index in [1.54, 1.807) is 26.0 Å². The number of nitrogens with zero attached hydrogens (tertiary/aromatic N) is 2. The zero-order chi connectivity index (χ0) is 21.4. The van der Waals surface area contributed by atoms with Crippen molar-refractivity contribution in [1.82, 2.24) is 9.21 Å². The molecule has 0 spiro atoms. The van der Waals surface area contributed by atoms with Crippen molar-refractivity contribution in [1.29, 1.82) is 0 Å². The number of hydrogen-bond donors (Lipinski definition) is 0. The van der Waals surface area contributed by atoms with Gasteiger partial charge in [-0.25, -0.2) is 8.42 Å². The summed E-state index contributed by atoms with van der Waals surface area (Å²) in [4.78, 5) is 26.3. The molecule has 0 unspecified atom stereocenters. The summed E-state index contributed by atoms with van der Waals surface area (Å²) in [6.07, 6.45) is 2.69. The minimum atomic E-state index is -3.68. The van der Waals surface area contributed by atoms with Crippen LogP contribution in [0.5, 0.6) is 0 Å². The Kier molecular flexibility index (Phi) is 8.60. The monoisotopic (exact) mass is 426 g/mol. The Morgan fingerprint density at radius 2 is 1.86 bits per heavy atom. The first-order chi connectivity index (χ1) is 13.8. The predicted octanol–water partition coefficient (Wildman–Crippen LogP) is 1.82. The van der Waals surface area contributed by atoms with Crippen molar-refractivity contribution in [3.8, 4) is 0 Å². The summed E-state index contributed by atoms with van der Waals surface area (Å²) in [5.74, 6) is -0.963. The Morgan fingerprint density at radius 3 is 2.48 bits per heavy atom. The van der Waals surface area contributed by atoms with Crippen LogP contribution in [0.1, 0.15) is 42.1 Å². The molecule has 0 radical (unpaired) electrons. The maximum absolute atomic E-state index is 13.1. The lowest BCUT2D eigenvalue weighted by Crippen LogP contribution is -2.39. The van der Waals surface area contributed by atoms with Gasteiger partial charge < -0.3 is 14.4 Å². The van der Waals surface area contributed by atoms with Crippen LogP contribution in [0.2, 0.25) is 0 Å². The Morgan fingerprint density at radius 1 is 1.17 bits per heavy atom. The highest BCUT2D eigenvalue weighted by Gasteiger charge is 2.29. The number of piperidine rings is 1. The van der Waals surface area contributed by atoms with Gasteiger partial charge in [0.15, 0.2) is 0 Å². The van der Waals surface area contributed by atoms with Gasteiger partial charge in [-0.2, -0.15) is 4.31 Å². The molecule has 2 rings (SSSR count). The van der Waals surface area contributed by atoms with E-state index in [1.165, 1.54) is 22.4 Å². The summed E-state index contributed by atoms with van der Waals surface area (Å²) in [7, 11) is -2.17. The zero-order valence-electron chi connectivity index (χ0n) is 17.3. The van der Waals surface area contributed by atoms with Crippen LogP contribution in [-0.4, -0.2) is 76.0 Å². The average molecular weight is 427 g/mol. The topological polar surface area (TPSA) is 93.2 Å². The van der Waals surface area contributed by atoms with Gasteiger partial charge >= 0.3 is 5.97 Å². The van der Waals surface area contributed by atoms with Crippen LogP contribution >= 0.6 is 0 Å². The van der Waals surface area contributed by atoms with Gasteiger partial charge in [-0.3, -0.25) is 9.59 Å². The van der Waals surface area contributed by atoms with Gasteiger partial charge in [-0.1, -0.05) is 12.5 Å². The van der Waals surface area contributed by atoms with Crippen LogP contribution in [0.3, 0.4) is 0 Å². The largest absolute Gasteiger partial charge is 0.465 e. The SMILES string of the molecule is CCOC(=O)CN(CCOC)C(=O)c1ccc(C)c(S(=O)(=O)N2CCCCC2)c1. The molecular weight excluding hydrogens is 396 g/mol. The molecule has 1 aromatic rings. The normalized spacial score (nSPS) is 15.1. The molecular formula is C20H30N2O6S. The number of amides is 1. The van der Waals surface area contributed by atoms with Crippen molar-refractivity contribution in [2.75, 3.05) is 46.5 Å². The Bertz CT molecular complexity index is 818. The molecule has 0 N–H and O–H groups in total.